The van der Waals surface area contributed by atoms with Gasteiger partial charge in [0.05, 0.1) is 22.3 Å². The van der Waals surface area contributed by atoms with E-state index in [1.54, 1.807) is 35.9 Å². The van der Waals surface area contributed by atoms with Gasteiger partial charge in [-0.05, 0) is 38.1 Å². The maximum atomic E-state index is 10.8. The lowest BCUT2D eigenvalue weighted by Crippen LogP contribution is -2.21. The van der Waals surface area contributed by atoms with Crippen LogP contribution in [0.2, 0.25) is 0 Å². The number of carbonyl (C=O) groups is 1. The van der Waals surface area contributed by atoms with E-state index in [4.69, 9.17) is 5.11 Å². The summed E-state index contributed by atoms with van der Waals surface area (Å²) in [5, 5.41) is 14.0. The summed E-state index contributed by atoms with van der Waals surface area (Å²) in [6, 6.07) is 6.42. The summed E-state index contributed by atoms with van der Waals surface area (Å²) in [7, 11) is 0. The minimum Gasteiger partial charge on any atom is -0.478 e. The first-order chi connectivity index (χ1) is 10.6. The Hall–Kier alpha value is -2.41. The van der Waals surface area contributed by atoms with Crippen LogP contribution in [0.1, 0.15) is 29.1 Å². The highest BCUT2D eigenvalue weighted by atomic mass is 32.1. The molecule has 0 unspecified atom stereocenters. The maximum absolute atomic E-state index is 10.8. The van der Waals surface area contributed by atoms with E-state index in [-0.39, 0.29) is 5.56 Å². The van der Waals surface area contributed by atoms with Crippen LogP contribution in [-0.4, -0.2) is 35.4 Å². The van der Waals surface area contributed by atoms with Gasteiger partial charge in [0.1, 0.15) is 0 Å². The summed E-state index contributed by atoms with van der Waals surface area (Å²) in [5.74, 6) is -0.941. The molecule has 7 heteroatoms. The van der Waals surface area contributed by atoms with Gasteiger partial charge in [-0.2, -0.15) is 5.10 Å². The van der Waals surface area contributed by atoms with Crippen LogP contribution in [0.5, 0.6) is 0 Å². The Balaban J connectivity index is 1.96. The highest BCUT2D eigenvalue weighted by molar-refractivity contribution is 7.17. The Morgan fingerprint density at radius 2 is 2.05 bits per heavy atom. The van der Waals surface area contributed by atoms with Crippen LogP contribution in [0.15, 0.2) is 35.6 Å². The third kappa shape index (κ3) is 4.05. The number of rotatable bonds is 7. The van der Waals surface area contributed by atoms with Gasteiger partial charge in [0.15, 0.2) is 5.13 Å². The number of carboxylic acid groups (broad SMARTS) is 1. The molecule has 1 aromatic heterocycles. The number of hydrazone groups is 1. The molecular formula is C15H18N4O2S. The average Bonchev–Trinajstić information content (AvgIpc) is 2.98. The lowest BCUT2D eigenvalue weighted by molar-refractivity contribution is 0.0697. The smallest absolute Gasteiger partial charge is 0.335 e. The molecule has 2 rings (SSSR count). The predicted octanol–water partition coefficient (Wildman–Crippen LogP) is 3.13. The minimum absolute atomic E-state index is 0.251. The van der Waals surface area contributed by atoms with Gasteiger partial charge in [-0.3, -0.25) is 5.43 Å². The monoisotopic (exact) mass is 318 g/mol. The molecule has 0 amide bonds. The molecule has 0 aliphatic carbocycles. The topological polar surface area (TPSA) is 77.8 Å². The Morgan fingerprint density at radius 1 is 1.36 bits per heavy atom. The van der Waals surface area contributed by atoms with Crippen LogP contribution in [0, 0.1) is 0 Å². The first-order valence-corrected chi connectivity index (χ1v) is 7.79. The number of hydrogen-bond acceptors (Lipinski definition) is 6. The third-order valence-electron chi connectivity index (χ3n) is 3.06. The molecule has 0 aliphatic heterocycles. The van der Waals surface area contributed by atoms with Crippen LogP contribution in [0.25, 0.3) is 0 Å². The Bertz CT molecular complexity index is 648. The standard InChI is InChI=1S/C15H18N4O2S/c1-3-19(4-2)15-16-9-13(22-15)10-17-18-12-7-5-11(6-8-12)14(20)21/h5-10,18H,3-4H2,1-2H3,(H,20,21)/b17-10-. The second-order valence-corrected chi connectivity index (χ2v) is 5.51. The molecule has 6 nitrogen and oxygen atoms in total. The molecule has 2 N–H and O–H groups in total. The molecule has 0 fully saturated rings. The van der Waals surface area contributed by atoms with Gasteiger partial charge in [-0.1, -0.05) is 11.3 Å². The van der Waals surface area contributed by atoms with Gasteiger partial charge >= 0.3 is 5.97 Å². The summed E-state index contributed by atoms with van der Waals surface area (Å²) in [6.45, 7) is 6.05. The summed E-state index contributed by atoms with van der Waals surface area (Å²) < 4.78 is 0. The average molecular weight is 318 g/mol. The first kappa shape index (κ1) is 16.0. The van der Waals surface area contributed by atoms with Gasteiger partial charge < -0.3 is 10.0 Å². The maximum Gasteiger partial charge on any atom is 0.335 e. The molecule has 22 heavy (non-hydrogen) atoms. The van der Waals surface area contributed by atoms with Crippen molar-refractivity contribution in [2.24, 2.45) is 5.10 Å². The predicted molar refractivity (Wildman–Crippen MR) is 90.3 cm³/mol. The highest BCUT2D eigenvalue weighted by Gasteiger charge is 2.06. The first-order valence-electron chi connectivity index (χ1n) is 6.97. The molecule has 0 bridgehead atoms. The lowest BCUT2D eigenvalue weighted by atomic mass is 10.2. The Labute approximate surface area is 133 Å². The van der Waals surface area contributed by atoms with Crippen LogP contribution < -0.4 is 10.3 Å². The summed E-state index contributed by atoms with van der Waals surface area (Å²) in [5.41, 5.74) is 3.85. The van der Waals surface area contributed by atoms with Crippen molar-refractivity contribution in [1.29, 1.82) is 0 Å². The van der Waals surface area contributed by atoms with Crippen molar-refractivity contribution < 1.29 is 9.90 Å². The largest absolute Gasteiger partial charge is 0.478 e. The van der Waals surface area contributed by atoms with Crippen molar-refractivity contribution >= 4 is 34.3 Å². The summed E-state index contributed by atoms with van der Waals surface area (Å²) in [4.78, 5) is 18.3. The zero-order chi connectivity index (χ0) is 15.9. The molecule has 2 aromatic rings. The number of nitrogens with one attached hydrogen (secondary N) is 1. The fourth-order valence-electron chi connectivity index (χ4n) is 1.83. The van der Waals surface area contributed by atoms with E-state index in [0.717, 1.165) is 28.8 Å². The van der Waals surface area contributed by atoms with Crippen LogP contribution >= 0.6 is 11.3 Å². The van der Waals surface area contributed by atoms with Gasteiger partial charge in [0.2, 0.25) is 0 Å². The number of thiazole rings is 1. The normalized spacial score (nSPS) is 10.8. The summed E-state index contributed by atoms with van der Waals surface area (Å²) >= 11 is 1.58. The lowest BCUT2D eigenvalue weighted by Gasteiger charge is -2.16. The van der Waals surface area contributed by atoms with E-state index in [9.17, 15) is 4.79 Å². The fraction of sp³-hybridized carbons (Fsp3) is 0.267. The van der Waals surface area contributed by atoms with E-state index in [1.807, 2.05) is 0 Å². The molecule has 0 spiro atoms. The van der Waals surface area contributed by atoms with E-state index >= 15 is 0 Å². The number of benzene rings is 1. The van der Waals surface area contributed by atoms with Crippen molar-refractivity contribution in [3.05, 3.63) is 40.9 Å². The fourth-order valence-corrected chi connectivity index (χ4v) is 2.75. The second kappa shape index (κ2) is 7.56. The summed E-state index contributed by atoms with van der Waals surface area (Å²) in [6.07, 6.45) is 3.49. The third-order valence-corrected chi connectivity index (χ3v) is 4.06. The number of nitrogens with zero attached hydrogens (tertiary/aromatic N) is 3. The molecule has 0 atom stereocenters. The van der Waals surface area contributed by atoms with E-state index < -0.39 is 5.97 Å². The van der Waals surface area contributed by atoms with Crippen molar-refractivity contribution in [2.45, 2.75) is 13.8 Å². The Kier molecular flexibility index (Phi) is 5.48. The number of anilines is 2. The second-order valence-electron chi connectivity index (χ2n) is 4.47. The van der Waals surface area contributed by atoms with Crippen molar-refractivity contribution in [1.82, 2.24) is 4.98 Å². The van der Waals surface area contributed by atoms with E-state index in [0.29, 0.717) is 0 Å². The zero-order valence-corrected chi connectivity index (χ0v) is 13.3. The van der Waals surface area contributed by atoms with Crippen molar-refractivity contribution in [2.75, 3.05) is 23.4 Å². The molecule has 1 aromatic carbocycles. The van der Waals surface area contributed by atoms with Gasteiger partial charge in [0.25, 0.3) is 0 Å². The van der Waals surface area contributed by atoms with Crippen LogP contribution in [0.4, 0.5) is 10.8 Å². The number of hydrogen-bond donors (Lipinski definition) is 2. The molecule has 0 aliphatic rings. The SMILES string of the molecule is CCN(CC)c1ncc(/C=N\Nc2ccc(C(=O)O)cc2)s1. The molecule has 116 valence electrons. The van der Waals surface area contributed by atoms with Crippen molar-refractivity contribution in [3.8, 4) is 0 Å². The number of aromatic nitrogens is 1. The molecule has 0 saturated heterocycles. The van der Waals surface area contributed by atoms with E-state index in [1.165, 1.54) is 12.1 Å². The number of aromatic carboxylic acids is 1. The molecule has 1 heterocycles. The molecular weight excluding hydrogens is 300 g/mol. The van der Waals surface area contributed by atoms with Gasteiger partial charge in [-0.15, -0.1) is 0 Å². The zero-order valence-electron chi connectivity index (χ0n) is 12.5. The number of carboxylic acids is 1. The van der Waals surface area contributed by atoms with Gasteiger partial charge in [0, 0.05) is 19.3 Å². The van der Waals surface area contributed by atoms with Crippen LogP contribution in [-0.2, 0) is 0 Å². The Morgan fingerprint density at radius 3 is 2.64 bits per heavy atom. The van der Waals surface area contributed by atoms with Crippen molar-refractivity contribution in [3.63, 3.8) is 0 Å². The van der Waals surface area contributed by atoms with Crippen LogP contribution in [0.3, 0.4) is 0 Å². The molecule has 0 radical (unpaired) electrons. The van der Waals surface area contributed by atoms with Gasteiger partial charge in [-0.25, -0.2) is 9.78 Å². The van der Waals surface area contributed by atoms with E-state index in [2.05, 4.69) is 34.3 Å². The molecule has 0 saturated carbocycles. The quantitative estimate of drug-likeness (QED) is 0.606. The minimum atomic E-state index is -0.941. The highest BCUT2D eigenvalue weighted by Crippen LogP contribution is 2.20.